The first-order valence-electron chi connectivity index (χ1n) is 5.79. The first-order valence-corrected chi connectivity index (χ1v) is 5.79. The zero-order valence-corrected chi connectivity index (χ0v) is 10.6. The Balaban J connectivity index is 2.34. The van der Waals surface area contributed by atoms with Crippen molar-refractivity contribution < 1.29 is 13.6 Å². The molecule has 20 heavy (non-hydrogen) atoms. The normalized spacial score (nSPS) is 9.90. The molecule has 1 N–H and O–H groups in total. The van der Waals surface area contributed by atoms with E-state index in [4.69, 9.17) is 5.26 Å². The van der Waals surface area contributed by atoms with E-state index in [2.05, 4.69) is 5.32 Å². The van der Waals surface area contributed by atoms with Gasteiger partial charge in [-0.2, -0.15) is 5.26 Å². The molecule has 100 valence electrons. The van der Waals surface area contributed by atoms with Gasteiger partial charge in [-0.05, 0) is 30.7 Å². The highest BCUT2D eigenvalue weighted by atomic mass is 19.1. The molecule has 0 bridgehead atoms. The average molecular weight is 272 g/mol. The van der Waals surface area contributed by atoms with Crippen LogP contribution >= 0.6 is 0 Å². The number of benzene rings is 2. The van der Waals surface area contributed by atoms with Crippen molar-refractivity contribution in [2.45, 2.75) is 6.92 Å². The Morgan fingerprint density at radius 1 is 1.20 bits per heavy atom. The minimum Gasteiger partial charge on any atom is -0.321 e. The minimum atomic E-state index is -0.944. The quantitative estimate of drug-likeness (QED) is 0.911. The van der Waals surface area contributed by atoms with Crippen molar-refractivity contribution in [3.8, 4) is 6.07 Å². The van der Waals surface area contributed by atoms with Crippen LogP contribution in [0, 0.1) is 29.9 Å². The van der Waals surface area contributed by atoms with Gasteiger partial charge in [0.15, 0.2) is 0 Å². The monoisotopic (exact) mass is 272 g/mol. The summed E-state index contributed by atoms with van der Waals surface area (Å²) < 4.78 is 26.8. The van der Waals surface area contributed by atoms with Gasteiger partial charge in [-0.15, -0.1) is 0 Å². The number of hydrogen-bond acceptors (Lipinski definition) is 2. The third kappa shape index (κ3) is 2.64. The van der Waals surface area contributed by atoms with Crippen molar-refractivity contribution in [1.29, 1.82) is 5.26 Å². The summed E-state index contributed by atoms with van der Waals surface area (Å²) in [6.07, 6.45) is 0. The molecular formula is C15H10F2N2O. The van der Waals surface area contributed by atoms with Gasteiger partial charge in [-0.1, -0.05) is 12.1 Å². The third-order valence-electron chi connectivity index (χ3n) is 2.79. The number of rotatable bonds is 2. The van der Waals surface area contributed by atoms with Gasteiger partial charge in [-0.3, -0.25) is 4.79 Å². The number of halogens is 2. The molecule has 0 saturated carbocycles. The molecule has 0 saturated heterocycles. The molecule has 0 atom stereocenters. The Bertz CT molecular complexity index is 720. The maximum absolute atomic E-state index is 13.6. The van der Waals surface area contributed by atoms with E-state index in [-0.39, 0.29) is 22.4 Å². The van der Waals surface area contributed by atoms with E-state index in [0.717, 1.165) is 6.07 Å². The lowest BCUT2D eigenvalue weighted by Crippen LogP contribution is -2.15. The molecular weight excluding hydrogens is 262 g/mol. The number of nitriles is 1. The first kappa shape index (κ1) is 13.7. The number of hydrogen-bond donors (Lipinski definition) is 1. The summed E-state index contributed by atoms with van der Waals surface area (Å²) in [4.78, 5) is 12.0. The van der Waals surface area contributed by atoms with Crippen LogP contribution in [0.3, 0.4) is 0 Å². The second-order valence-corrected chi connectivity index (χ2v) is 4.19. The van der Waals surface area contributed by atoms with Crippen molar-refractivity contribution in [3.05, 3.63) is 64.7 Å². The molecule has 0 aliphatic heterocycles. The van der Waals surface area contributed by atoms with Gasteiger partial charge in [0.2, 0.25) is 0 Å². The zero-order chi connectivity index (χ0) is 14.7. The van der Waals surface area contributed by atoms with Crippen LogP contribution in [0.2, 0.25) is 0 Å². The number of nitrogens with one attached hydrogen (secondary N) is 1. The fourth-order valence-corrected chi connectivity index (χ4v) is 1.71. The zero-order valence-electron chi connectivity index (χ0n) is 10.6. The number of amides is 1. The van der Waals surface area contributed by atoms with E-state index in [9.17, 15) is 13.6 Å². The summed E-state index contributed by atoms with van der Waals surface area (Å²) in [5.74, 6) is -2.38. The number of nitrogens with zero attached hydrogens (tertiary/aromatic N) is 1. The molecule has 2 aromatic rings. The van der Waals surface area contributed by atoms with Crippen LogP contribution in [-0.4, -0.2) is 5.91 Å². The van der Waals surface area contributed by atoms with E-state index < -0.39 is 17.5 Å². The molecule has 0 aromatic heterocycles. The van der Waals surface area contributed by atoms with Gasteiger partial charge in [0.05, 0.1) is 16.8 Å². The lowest BCUT2D eigenvalue weighted by molar-refractivity contribution is 0.102. The van der Waals surface area contributed by atoms with Crippen LogP contribution in [-0.2, 0) is 0 Å². The number of aryl methyl sites for hydroxylation is 1. The molecule has 0 radical (unpaired) electrons. The summed E-state index contributed by atoms with van der Waals surface area (Å²) in [5, 5.41) is 11.4. The van der Waals surface area contributed by atoms with Gasteiger partial charge < -0.3 is 5.32 Å². The maximum Gasteiger partial charge on any atom is 0.258 e. The molecule has 0 spiro atoms. The highest BCUT2D eigenvalue weighted by molar-refractivity contribution is 6.05. The van der Waals surface area contributed by atoms with Crippen molar-refractivity contribution in [1.82, 2.24) is 0 Å². The molecule has 5 heteroatoms. The molecule has 0 unspecified atom stereocenters. The van der Waals surface area contributed by atoms with Gasteiger partial charge in [-0.25, -0.2) is 8.78 Å². The summed E-state index contributed by atoms with van der Waals surface area (Å²) in [7, 11) is 0. The third-order valence-corrected chi connectivity index (χ3v) is 2.79. The van der Waals surface area contributed by atoms with E-state index in [1.165, 1.54) is 19.1 Å². The largest absolute Gasteiger partial charge is 0.321 e. The van der Waals surface area contributed by atoms with Crippen molar-refractivity contribution in [2.24, 2.45) is 0 Å². The number of para-hydroxylation sites is 1. The van der Waals surface area contributed by atoms with Gasteiger partial charge in [0.1, 0.15) is 17.7 Å². The molecule has 0 fully saturated rings. The maximum atomic E-state index is 13.6. The van der Waals surface area contributed by atoms with E-state index in [1.54, 1.807) is 12.1 Å². The molecule has 0 aliphatic carbocycles. The lowest BCUT2D eigenvalue weighted by Gasteiger charge is -2.08. The van der Waals surface area contributed by atoms with Crippen LogP contribution in [0.1, 0.15) is 21.5 Å². The fraction of sp³-hybridized carbons (Fsp3) is 0.0667. The second-order valence-electron chi connectivity index (χ2n) is 4.19. The predicted molar refractivity (Wildman–Crippen MR) is 70.2 cm³/mol. The number of carbonyl (C=O) groups excluding carboxylic acids is 1. The molecule has 3 nitrogen and oxygen atoms in total. The Morgan fingerprint density at radius 2 is 1.90 bits per heavy atom. The van der Waals surface area contributed by atoms with Gasteiger partial charge in [0.25, 0.3) is 5.91 Å². The molecule has 2 rings (SSSR count). The molecule has 1 amide bonds. The number of carbonyl (C=O) groups is 1. The van der Waals surface area contributed by atoms with Gasteiger partial charge >= 0.3 is 0 Å². The smallest absolute Gasteiger partial charge is 0.258 e. The highest BCUT2D eigenvalue weighted by Crippen LogP contribution is 2.18. The van der Waals surface area contributed by atoms with Crippen LogP contribution in [0.15, 0.2) is 36.4 Å². The minimum absolute atomic E-state index is 0.171. The van der Waals surface area contributed by atoms with Crippen molar-refractivity contribution in [2.75, 3.05) is 5.32 Å². The number of anilines is 1. The summed E-state index contributed by atoms with van der Waals surface area (Å²) in [5.41, 5.74) is 0.447. The summed E-state index contributed by atoms with van der Waals surface area (Å²) >= 11 is 0. The molecule has 2 aromatic carbocycles. The van der Waals surface area contributed by atoms with E-state index in [0.29, 0.717) is 6.07 Å². The Hall–Kier alpha value is -2.74. The second kappa shape index (κ2) is 5.49. The van der Waals surface area contributed by atoms with Crippen LogP contribution in [0.25, 0.3) is 0 Å². The van der Waals surface area contributed by atoms with E-state index in [1.807, 2.05) is 6.07 Å². The summed E-state index contributed by atoms with van der Waals surface area (Å²) in [6, 6.07) is 10.1. The average Bonchev–Trinajstić information content (AvgIpc) is 2.43. The fourth-order valence-electron chi connectivity index (χ4n) is 1.71. The highest BCUT2D eigenvalue weighted by Gasteiger charge is 2.15. The predicted octanol–water partition coefficient (Wildman–Crippen LogP) is 3.40. The summed E-state index contributed by atoms with van der Waals surface area (Å²) in [6.45, 7) is 1.44. The van der Waals surface area contributed by atoms with Crippen LogP contribution in [0.5, 0.6) is 0 Å². The van der Waals surface area contributed by atoms with Crippen LogP contribution in [0.4, 0.5) is 14.5 Å². The Kier molecular flexibility index (Phi) is 3.76. The van der Waals surface area contributed by atoms with E-state index >= 15 is 0 Å². The SMILES string of the molecule is Cc1cc(C(=O)Nc2ccccc2C#N)c(F)cc1F. The van der Waals surface area contributed by atoms with Crippen LogP contribution < -0.4 is 5.32 Å². The standard InChI is InChI=1S/C15H10F2N2O/c1-9-6-11(13(17)7-12(9)16)15(20)19-14-5-3-2-4-10(14)8-18/h2-7H,1H3,(H,19,20). The van der Waals surface area contributed by atoms with Crippen molar-refractivity contribution in [3.63, 3.8) is 0 Å². The topological polar surface area (TPSA) is 52.9 Å². The Labute approximate surface area is 114 Å². The molecule has 0 heterocycles. The first-order chi connectivity index (χ1) is 9.52. The van der Waals surface area contributed by atoms with Gasteiger partial charge in [0, 0.05) is 6.07 Å². The van der Waals surface area contributed by atoms with Crippen molar-refractivity contribution >= 4 is 11.6 Å². The lowest BCUT2D eigenvalue weighted by atomic mass is 10.1. The Morgan fingerprint density at radius 3 is 2.60 bits per heavy atom. The molecule has 0 aliphatic rings.